The number of aromatic nitrogens is 4. The molecule has 0 spiro atoms. The van der Waals surface area contributed by atoms with Gasteiger partial charge in [0.05, 0.1) is 29.7 Å². The van der Waals surface area contributed by atoms with Crippen molar-refractivity contribution >= 4 is 28.3 Å². The average Bonchev–Trinajstić information content (AvgIpc) is 3.15. The third-order valence-corrected chi connectivity index (χ3v) is 5.36. The highest BCUT2D eigenvalue weighted by Crippen LogP contribution is 2.32. The van der Waals surface area contributed by atoms with Crippen LogP contribution >= 0.6 is 0 Å². The number of fused-ring (bicyclic) bond motifs is 3. The van der Waals surface area contributed by atoms with E-state index in [1.54, 1.807) is 12.5 Å². The fourth-order valence-electron chi connectivity index (χ4n) is 3.93. The number of carbonyl (C=O) groups excluding carboxylic acids is 1. The maximum Gasteiger partial charge on any atom is 0.254 e. The normalized spacial score (nSPS) is 14.3. The molecule has 30 heavy (non-hydrogen) atoms. The Labute approximate surface area is 173 Å². The molecule has 8 nitrogen and oxygen atoms in total. The van der Waals surface area contributed by atoms with Crippen molar-refractivity contribution in [3.8, 4) is 0 Å². The Kier molecular flexibility index (Phi) is 4.98. The van der Waals surface area contributed by atoms with Gasteiger partial charge in [-0.05, 0) is 30.2 Å². The van der Waals surface area contributed by atoms with E-state index in [1.807, 2.05) is 47.1 Å². The minimum absolute atomic E-state index is 0.123. The fraction of sp³-hybridized carbons (Fsp3) is 0.273. The van der Waals surface area contributed by atoms with E-state index >= 15 is 0 Å². The Bertz CT molecular complexity index is 1180. The molecule has 1 N–H and O–H groups in total. The van der Waals surface area contributed by atoms with Crippen molar-refractivity contribution in [1.82, 2.24) is 24.7 Å². The van der Waals surface area contributed by atoms with Gasteiger partial charge in [0, 0.05) is 38.2 Å². The van der Waals surface area contributed by atoms with Gasteiger partial charge in [-0.15, -0.1) is 0 Å². The molecule has 8 heteroatoms. The summed E-state index contributed by atoms with van der Waals surface area (Å²) < 4.78 is 7.45. The average molecular weight is 402 g/mol. The molecule has 1 amide bonds. The van der Waals surface area contributed by atoms with E-state index in [9.17, 15) is 4.79 Å². The van der Waals surface area contributed by atoms with Crippen LogP contribution in [0.4, 0.5) is 5.82 Å². The first-order chi connectivity index (χ1) is 14.8. The number of carbonyl (C=O) groups is 1. The summed E-state index contributed by atoms with van der Waals surface area (Å²) in [6.07, 6.45) is 7.78. The molecule has 1 saturated heterocycles. The van der Waals surface area contributed by atoms with Crippen LogP contribution < -0.4 is 10.2 Å². The van der Waals surface area contributed by atoms with Crippen LogP contribution in [0.1, 0.15) is 15.9 Å². The van der Waals surface area contributed by atoms with Gasteiger partial charge in [0.25, 0.3) is 5.91 Å². The van der Waals surface area contributed by atoms with Gasteiger partial charge < -0.3 is 19.4 Å². The van der Waals surface area contributed by atoms with Crippen molar-refractivity contribution in [3.63, 3.8) is 0 Å². The minimum Gasteiger partial charge on any atom is -0.378 e. The van der Waals surface area contributed by atoms with Gasteiger partial charge in [-0.25, -0.2) is 9.97 Å². The second-order valence-corrected chi connectivity index (χ2v) is 7.19. The Morgan fingerprint density at radius 3 is 2.87 bits per heavy atom. The van der Waals surface area contributed by atoms with Gasteiger partial charge in [-0.1, -0.05) is 12.1 Å². The Morgan fingerprint density at radius 1 is 1.13 bits per heavy atom. The topological polar surface area (TPSA) is 84.7 Å². The highest BCUT2D eigenvalue weighted by Gasteiger charge is 2.25. The summed E-state index contributed by atoms with van der Waals surface area (Å²) in [5, 5.41) is 3.85. The molecule has 0 unspecified atom stereocenters. The third-order valence-electron chi connectivity index (χ3n) is 5.36. The first kappa shape index (κ1) is 18.5. The number of pyridine rings is 2. The summed E-state index contributed by atoms with van der Waals surface area (Å²) in [7, 11) is 0. The zero-order valence-electron chi connectivity index (χ0n) is 16.5. The predicted octanol–water partition coefficient (Wildman–Crippen LogP) is 2.09. The van der Waals surface area contributed by atoms with E-state index in [4.69, 9.17) is 4.74 Å². The van der Waals surface area contributed by atoms with Gasteiger partial charge in [-0.2, -0.15) is 0 Å². The number of rotatable bonds is 5. The van der Waals surface area contributed by atoms with Crippen LogP contribution in [0.3, 0.4) is 0 Å². The number of ether oxygens (including phenoxy) is 1. The van der Waals surface area contributed by atoms with Crippen LogP contribution in [0, 0.1) is 0 Å². The van der Waals surface area contributed by atoms with E-state index in [1.165, 1.54) is 0 Å². The number of hydrogen-bond acceptors (Lipinski definition) is 6. The molecule has 0 aliphatic carbocycles. The Hall–Kier alpha value is -3.52. The molecule has 5 heterocycles. The molecule has 0 radical (unpaired) electrons. The number of morpholine rings is 1. The summed E-state index contributed by atoms with van der Waals surface area (Å²) in [4.78, 5) is 28.7. The van der Waals surface area contributed by atoms with Gasteiger partial charge in [0.15, 0.2) is 5.65 Å². The molecular formula is C22H22N6O2. The van der Waals surface area contributed by atoms with E-state index in [-0.39, 0.29) is 5.91 Å². The molecule has 152 valence electrons. The van der Waals surface area contributed by atoms with E-state index in [2.05, 4.69) is 25.2 Å². The molecule has 1 aliphatic heterocycles. The van der Waals surface area contributed by atoms with Crippen molar-refractivity contribution in [3.05, 3.63) is 66.4 Å². The molecule has 4 aromatic rings. The van der Waals surface area contributed by atoms with Crippen LogP contribution in [0.15, 0.2) is 55.2 Å². The first-order valence-corrected chi connectivity index (χ1v) is 10.1. The smallest absolute Gasteiger partial charge is 0.254 e. The van der Waals surface area contributed by atoms with Crippen molar-refractivity contribution in [2.45, 2.75) is 6.42 Å². The quantitative estimate of drug-likeness (QED) is 0.550. The monoisotopic (exact) mass is 402 g/mol. The van der Waals surface area contributed by atoms with Crippen molar-refractivity contribution in [2.24, 2.45) is 0 Å². The second-order valence-electron chi connectivity index (χ2n) is 7.19. The summed E-state index contributed by atoms with van der Waals surface area (Å²) in [6.45, 7) is 3.29. The standard InChI is InChI=1S/C22H22N6O2/c29-22(24-8-6-16-4-3-7-23-14-16)18-17-5-1-2-9-28(17)21-19(18)20(25-15-26-21)27-10-12-30-13-11-27/h1-5,7,9,14-15H,6,8,10-13H2,(H,24,29). The molecule has 4 aromatic heterocycles. The Balaban J connectivity index is 1.54. The lowest BCUT2D eigenvalue weighted by Crippen LogP contribution is -2.37. The van der Waals surface area contributed by atoms with Crippen LogP contribution in [0.25, 0.3) is 16.6 Å². The lowest BCUT2D eigenvalue weighted by Gasteiger charge is -2.28. The minimum atomic E-state index is -0.123. The molecule has 1 fully saturated rings. The van der Waals surface area contributed by atoms with Crippen LogP contribution in [-0.2, 0) is 11.2 Å². The maximum absolute atomic E-state index is 13.3. The van der Waals surface area contributed by atoms with E-state index in [0.29, 0.717) is 25.3 Å². The largest absolute Gasteiger partial charge is 0.378 e. The number of nitrogens with one attached hydrogen (secondary N) is 1. The zero-order chi connectivity index (χ0) is 20.3. The first-order valence-electron chi connectivity index (χ1n) is 10.1. The number of nitrogens with zero attached hydrogens (tertiary/aromatic N) is 5. The SMILES string of the molecule is O=C(NCCc1cccnc1)c1c2c(N3CCOCC3)ncnc2n2ccccc12. The lowest BCUT2D eigenvalue weighted by molar-refractivity contribution is 0.0957. The highest BCUT2D eigenvalue weighted by atomic mass is 16.5. The van der Waals surface area contributed by atoms with Crippen LogP contribution in [0.2, 0.25) is 0 Å². The van der Waals surface area contributed by atoms with Gasteiger partial charge in [0.1, 0.15) is 12.1 Å². The molecular weight excluding hydrogens is 380 g/mol. The van der Waals surface area contributed by atoms with Crippen molar-refractivity contribution in [2.75, 3.05) is 37.7 Å². The van der Waals surface area contributed by atoms with Gasteiger partial charge >= 0.3 is 0 Å². The molecule has 5 rings (SSSR count). The van der Waals surface area contributed by atoms with Crippen molar-refractivity contribution < 1.29 is 9.53 Å². The zero-order valence-corrected chi connectivity index (χ0v) is 16.5. The predicted molar refractivity (Wildman–Crippen MR) is 114 cm³/mol. The summed E-state index contributed by atoms with van der Waals surface area (Å²) in [6, 6.07) is 9.72. The molecule has 0 bridgehead atoms. The fourth-order valence-corrected chi connectivity index (χ4v) is 3.93. The lowest BCUT2D eigenvalue weighted by atomic mass is 10.1. The van der Waals surface area contributed by atoms with Gasteiger partial charge in [0.2, 0.25) is 0 Å². The van der Waals surface area contributed by atoms with Crippen LogP contribution in [-0.4, -0.2) is 58.1 Å². The molecule has 0 aromatic carbocycles. The van der Waals surface area contributed by atoms with E-state index < -0.39 is 0 Å². The van der Waals surface area contributed by atoms with Gasteiger partial charge in [-0.3, -0.25) is 9.78 Å². The number of amides is 1. The summed E-state index contributed by atoms with van der Waals surface area (Å²) >= 11 is 0. The Morgan fingerprint density at radius 2 is 2.03 bits per heavy atom. The van der Waals surface area contributed by atoms with Crippen LogP contribution in [0.5, 0.6) is 0 Å². The third kappa shape index (κ3) is 3.35. The van der Waals surface area contributed by atoms with E-state index in [0.717, 1.165) is 47.4 Å². The molecule has 1 aliphatic rings. The number of hydrogen-bond donors (Lipinski definition) is 1. The number of anilines is 1. The second kappa shape index (κ2) is 8.08. The maximum atomic E-state index is 13.3. The summed E-state index contributed by atoms with van der Waals surface area (Å²) in [5.41, 5.74) is 3.25. The van der Waals surface area contributed by atoms with Crippen molar-refractivity contribution in [1.29, 1.82) is 0 Å². The summed E-state index contributed by atoms with van der Waals surface area (Å²) in [5.74, 6) is 0.659. The molecule has 0 atom stereocenters. The highest BCUT2D eigenvalue weighted by molar-refractivity contribution is 6.16. The molecule has 0 saturated carbocycles.